The van der Waals surface area contributed by atoms with Crippen molar-refractivity contribution in [2.75, 3.05) is 7.05 Å². The zero-order valence-electron chi connectivity index (χ0n) is 13.3. The Morgan fingerprint density at radius 2 is 2.00 bits per heavy atom. The molecule has 0 radical (unpaired) electrons. The van der Waals surface area contributed by atoms with Gasteiger partial charge in [-0.15, -0.1) is 0 Å². The largest absolute Gasteiger partial charge is 0.487 e. The maximum atomic E-state index is 6.62. The zero-order chi connectivity index (χ0) is 14.4. The van der Waals surface area contributed by atoms with Gasteiger partial charge in [0.25, 0.3) is 0 Å². The van der Waals surface area contributed by atoms with Crippen LogP contribution in [0.15, 0.2) is 18.2 Å². The number of ether oxygens (including phenoxy) is 1. The number of hydrogen-bond acceptors (Lipinski definition) is 2. The van der Waals surface area contributed by atoms with E-state index in [1.807, 2.05) is 0 Å². The summed E-state index contributed by atoms with van der Waals surface area (Å²) < 4.78 is 6.62. The SMILES string of the molecule is CNC1CC2(CCCC(C3CC3)C2)Oc2ccc(C)cc21. The van der Waals surface area contributed by atoms with Crippen molar-refractivity contribution in [3.05, 3.63) is 29.3 Å². The summed E-state index contributed by atoms with van der Waals surface area (Å²) in [6, 6.07) is 7.12. The van der Waals surface area contributed by atoms with Crippen molar-refractivity contribution in [3.8, 4) is 5.75 Å². The van der Waals surface area contributed by atoms with Crippen molar-refractivity contribution in [1.82, 2.24) is 5.32 Å². The van der Waals surface area contributed by atoms with Gasteiger partial charge in [-0.2, -0.15) is 0 Å². The number of nitrogens with one attached hydrogen (secondary N) is 1. The van der Waals surface area contributed by atoms with Crippen LogP contribution in [0.4, 0.5) is 0 Å². The quantitative estimate of drug-likeness (QED) is 0.871. The van der Waals surface area contributed by atoms with E-state index in [-0.39, 0.29) is 5.60 Å². The van der Waals surface area contributed by atoms with Crippen LogP contribution in [0.5, 0.6) is 5.75 Å². The molecule has 2 heteroatoms. The molecule has 1 aromatic rings. The molecule has 0 bridgehead atoms. The molecule has 21 heavy (non-hydrogen) atoms. The highest BCUT2D eigenvalue weighted by molar-refractivity contribution is 5.41. The van der Waals surface area contributed by atoms with Gasteiger partial charge in [-0.3, -0.25) is 0 Å². The third kappa shape index (κ3) is 2.48. The predicted molar refractivity (Wildman–Crippen MR) is 85.6 cm³/mol. The first-order valence-corrected chi connectivity index (χ1v) is 8.66. The van der Waals surface area contributed by atoms with E-state index in [0.717, 1.165) is 24.0 Å². The molecule has 2 aliphatic carbocycles. The molecule has 2 saturated carbocycles. The van der Waals surface area contributed by atoms with Crippen LogP contribution in [-0.4, -0.2) is 12.6 Å². The number of aryl methyl sites for hydroxylation is 1. The second-order valence-corrected chi connectivity index (χ2v) is 7.57. The smallest absolute Gasteiger partial charge is 0.124 e. The molecule has 1 heterocycles. The van der Waals surface area contributed by atoms with Crippen molar-refractivity contribution < 1.29 is 4.74 Å². The van der Waals surface area contributed by atoms with E-state index < -0.39 is 0 Å². The van der Waals surface area contributed by atoms with Crippen molar-refractivity contribution in [1.29, 1.82) is 0 Å². The van der Waals surface area contributed by atoms with E-state index in [4.69, 9.17) is 4.74 Å². The van der Waals surface area contributed by atoms with Crippen LogP contribution in [0.3, 0.4) is 0 Å². The van der Waals surface area contributed by atoms with Crippen molar-refractivity contribution >= 4 is 0 Å². The van der Waals surface area contributed by atoms with E-state index in [2.05, 4.69) is 37.5 Å². The van der Waals surface area contributed by atoms with E-state index in [9.17, 15) is 0 Å². The normalized spacial score (nSPS) is 35.3. The van der Waals surface area contributed by atoms with Gasteiger partial charge in [0.05, 0.1) is 0 Å². The van der Waals surface area contributed by atoms with Crippen LogP contribution in [0.2, 0.25) is 0 Å². The molecule has 0 saturated heterocycles. The summed E-state index contributed by atoms with van der Waals surface area (Å²) in [5.41, 5.74) is 2.78. The summed E-state index contributed by atoms with van der Waals surface area (Å²) in [4.78, 5) is 0. The highest BCUT2D eigenvalue weighted by atomic mass is 16.5. The van der Waals surface area contributed by atoms with Gasteiger partial charge < -0.3 is 10.1 Å². The fourth-order valence-corrected chi connectivity index (χ4v) is 4.66. The second kappa shape index (κ2) is 5.01. The molecular weight excluding hydrogens is 258 g/mol. The van der Waals surface area contributed by atoms with Crippen LogP contribution in [0.25, 0.3) is 0 Å². The highest BCUT2D eigenvalue weighted by Gasteiger charge is 2.47. The molecule has 114 valence electrons. The van der Waals surface area contributed by atoms with Crippen LogP contribution in [-0.2, 0) is 0 Å². The van der Waals surface area contributed by atoms with Crippen molar-refractivity contribution in [2.24, 2.45) is 11.8 Å². The second-order valence-electron chi connectivity index (χ2n) is 7.57. The summed E-state index contributed by atoms with van der Waals surface area (Å²) in [6.45, 7) is 2.17. The van der Waals surface area contributed by atoms with Crippen LogP contribution in [0, 0.1) is 18.8 Å². The molecule has 0 amide bonds. The average Bonchev–Trinajstić information content (AvgIpc) is 3.32. The van der Waals surface area contributed by atoms with Gasteiger partial charge in [0.15, 0.2) is 0 Å². The fourth-order valence-electron chi connectivity index (χ4n) is 4.66. The summed E-state index contributed by atoms with van der Waals surface area (Å²) in [6.07, 6.45) is 9.37. The number of fused-ring (bicyclic) bond motifs is 1. The number of rotatable bonds is 2. The van der Waals surface area contributed by atoms with Crippen LogP contribution >= 0.6 is 0 Å². The van der Waals surface area contributed by atoms with Crippen molar-refractivity contribution in [3.63, 3.8) is 0 Å². The topological polar surface area (TPSA) is 21.3 Å². The summed E-state index contributed by atoms with van der Waals surface area (Å²) in [5, 5.41) is 3.54. The van der Waals surface area contributed by atoms with Gasteiger partial charge in [-0.25, -0.2) is 0 Å². The molecule has 2 fully saturated rings. The number of benzene rings is 1. The molecule has 3 aliphatic rings. The Hall–Kier alpha value is -1.02. The van der Waals surface area contributed by atoms with Gasteiger partial charge in [-0.05, 0) is 70.4 Å². The van der Waals surface area contributed by atoms with Gasteiger partial charge in [0.2, 0.25) is 0 Å². The Labute approximate surface area is 128 Å². The Balaban J connectivity index is 1.64. The molecule has 1 spiro atoms. The lowest BCUT2D eigenvalue weighted by molar-refractivity contribution is -0.0239. The Bertz CT molecular complexity index is 536. The summed E-state index contributed by atoms with van der Waals surface area (Å²) in [5.74, 6) is 3.06. The maximum absolute atomic E-state index is 6.62. The number of hydrogen-bond donors (Lipinski definition) is 1. The molecule has 2 nitrogen and oxygen atoms in total. The van der Waals surface area contributed by atoms with E-state index in [1.54, 1.807) is 0 Å². The van der Waals surface area contributed by atoms with Gasteiger partial charge in [-0.1, -0.05) is 17.7 Å². The van der Waals surface area contributed by atoms with Gasteiger partial charge >= 0.3 is 0 Å². The minimum atomic E-state index is 0.0987. The third-order valence-corrected chi connectivity index (χ3v) is 5.92. The minimum Gasteiger partial charge on any atom is -0.487 e. The Kier molecular flexibility index (Phi) is 3.25. The first-order valence-electron chi connectivity index (χ1n) is 8.66. The molecule has 3 unspecified atom stereocenters. The molecule has 1 aliphatic heterocycles. The molecule has 1 aromatic carbocycles. The standard InChI is InChI=1S/C19H27NO/c1-13-5-8-18-16(10-13)17(20-2)12-19(21-18)9-3-4-15(11-19)14-6-7-14/h5,8,10,14-15,17,20H,3-4,6-7,9,11-12H2,1-2H3. The zero-order valence-corrected chi connectivity index (χ0v) is 13.3. The van der Waals surface area contributed by atoms with Crippen LogP contribution < -0.4 is 10.1 Å². The lowest BCUT2D eigenvalue weighted by Gasteiger charge is -2.47. The van der Waals surface area contributed by atoms with Crippen molar-refractivity contribution in [2.45, 2.75) is 63.5 Å². The maximum Gasteiger partial charge on any atom is 0.124 e. The van der Waals surface area contributed by atoms with Gasteiger partial charge in [0, 0.05) is 18.0 Å². The van der Waals surface area contributed by atoms with E-state index >= 15 is 0 Å². The highest BCUT2D eigenvalue weighted by Crippen LogP contribution is 2.52. The Morgan fingerprint density at radius 1 is 1.14 bits per heavy atom. The monoisotopic (exact) mass is 285 g/mol. The molecule has 4 rings (SSSR count). The lowest BCUT2D eigenvalue weighted by atomic mass is 9.71. The molecule has 3 atom stereocenters. The molecular formula is C19H27NO. The van der Waals surface area contributed by atoms with E-state index in [0.29, 0.717) is 6.04 Å². The summed E-state index contributed by atoms with van der Waals surface area (Å²) in [7, 11) is 2.09. The Morgan fingerprint density at radius 3 is 2.76 bits per heavy atom. The minimum absolute atomic E-state index is 0.0987. The summed E-state index contributed by atoms with van der Waals surface area (Å²) >= 11 is 0. The molecule has 1 N–H and O–H groups in total. The first kappa shape index (κ1) is 13.6. The fraction of sp³-hybridized carbons (Fsp3) is 0.684. The van der Waals surface area contributed by atoms with Crippen LogP contribution in [0.1, 0.15) is 62.1 Å². The molecule has 0 aromatic heterocycles. The van der Waals surface area contributed by atoms with Gasteiger partial charge in [0.1, 0.15) is 11.4 Å². The lowest BCUT2D eigenvalue weighted by Crippen LogP contribution is -2.47. The average molecular weight is 285 g/mol. The van der Waals surface area contributed by atoms with E-state index in [1.165, 1.54) is 49.7 Å². The third-order valence-electron chi connectivity index (χ3n) is 5.92. The first-order chi connectivity index (χ1) is 10.2. The predicted octanol–water partition coefficient (Wildman–Crippen LogP) is 4.38.